The number of aromatic nitrogens is 6. The summed E-state index contributed by atoms with van der Waals surface area (Å²) in [6.07, 6.45) is 0. The summed E-state index contributed by atoms with van der Waals surface area (Å²) in [7, 11) is 0. The molecule has 0 spiro atoms. The molecule has 6 heteroatoms. The van der Waals surface area contributed by atoms with Gasteiger partial charge in [-0.3, -0.25) is 0 Å². The number of nitrogens with zero attached hydrogens (tertiary/aromatic N) is 6. The lowest BCUT2D eigenvalue weighted by Crippen LogP contribution is -2.00. The van der Waals surface area contributed by atoms with Gasteiger partial charge in [0.15, 0.2) is 23.3 Å². The zero-order valence-corrected chi connectivity index (χ0v) is 35.1. The molecular formula is C59H38N6. The zero-order valence-electron chi connectivity index (χ0n) is 35.1. The molecule has 12 rings (SSSR count). The van der Waals surface area contributed by atoms with Crippen LogP contribution >= 0.6 is 0 Å². The van der Waals surface area contributed by atoms with Crippen LogP contribution in [0.2, 0.25) is 0 Å². The minimum atomic E-state index is 0.610. The van der Waals surface area contributed by atoms with Crippen molar-refractivity contribution in [2.45, 2.75) is 0 Å². The van der Waals surface area contributed by atoms with Crippen molar-refractivity contribution in [2.75, 3.05) is 0 Å². The van der Waals surface area contributed by atoms with Crippen LogP contribution in [0.25, 0.3) is 117 Å². The Bertz CT molecular complexity index is 3640. The Morgan fingerprint density at radius 3 is 1.31 bits per heavy atom. The fraction of sp³-hybridized carbons (Fsp3) is 0. The van der Waals surface area contributed by atoms with Crippen molar-refractivity contribution < 1.29 is 0 Å². The Hall–Kier alpha value is -8.87. The first-order valence-electron chi connectivity index (χ1n) is 21.8. The molecule has 0 atom stereocenters. The molecule has 0 aliphatic rings. The molecule has 65 heavy (non-hydrogen) atoms. The third kappa shape index (κ3) is 7.00. The van der Waals surface area contributed by atoms with E-state index in [1.807, 2.05) is 78.9 Å². The summed E-state index contributed by atoms with van der Waals surface area (Å²) in [5.74, 6) is 2.53. The average molecular weight is 831 g/mol. The highest BCUT2D eigenvalue weighted by Crippen LogP contribution is 2.42. The van der Waals surface area contributed by atoms with Gasteiger partial charge in [-0.1, -0.05) is 188 Å². The van der Waals surface area contributed by atoms with E-state index in [9.17, 15) is 0 Å². The molecule has 0 saturated heterocycles. The van der Waals surface area contributed by atoms with Gasteiger partial charge in [0.1, 0.15) is 0 Å². The molecule has 3 heterocycles. The molecule has 6 nitrogen and oxygen atoms in total. The van der Waals surface area contributed by atoms with E-state index < -0.39 is 0 Å². The Morgan fingerprint density at radius 1 is 0.262 bits per heavy atom. The molecule has 12 aromatic rings. The van der Waals surface area contributed by atoms with Crippen molar-refractivity contribution in [1.29, 1.82) is 0 Å². The molecule has 3 aromatic heterocycles. The molecule has 304 valence electrons. The molecule has 0 unspecified atom stereocenters. The Morgan fingerprint density at radius 2 is 0.692 bits per heavy atom. The highest BCUT2D eigenvalue weighted by molar-refractivity contribution is 6.24. The van der Waals surface area contributed by atoms with E-state index in [0.29, 0.717) is 23.3 Å². The molecule has 0 aliphatic heterocycles. The highest BCUT2D eigenvalue weighted by Gasteiger charge is 2.20. The van der Waals surface area contributed by atoms with Crippen LogP contribution in [0.1, 0.15) is 0 Å². The van der Waals surface area contributed by atoms with Gasteiger partial charge in [0.2, 0.25) is 0 Å². The van der Waals surface area contributed by atoms with Crippen molar-refractivity contribution in [3.8, 4) is 84.9 Å². The fourth-order valence-electron chi connectivity index (χ4n) is 8.98. The smallest absolute Gasteiger partial charge is 0.164 e. The number of fused-ring (bicyclic) bond motifs is 5. The topological polar surface area (TPSA) is 69.4 Å². The number of hydrogen-bond acceptors (Lipinski definition) is 5. The van der Waals surface area contributed by atoms with E-state index in [-0.39, 0.29) is 0 Å². The molecular weight excluding hydrogens is 793 g/mol. The Balaban J connectivity index is 1.01. The lowest BCUT2D eigenvalue weighted by atomic mass is 9.96. The fourth-order valence-corrected chi connectivity index (χ4v) is 8.98. The number of hydrogen-bond donors (Lipinski definition) is 0. The predicted octanol–water partition coefficient (Wildman–Crippen LogP) is 14.6. The first-order valence-corrected chi connectivity index (χ1v) is 21.8. The molecule has 0 aliphatic carbocycles. The second kappa shape index (κ2) is 16.1. The lowest BCUT2D eigenvalue weighted by Gasteiger charge is -2.14. The second-order valence-corrected chi connectivity index (χ2v) is 16.1. The van der Waals surface area contributed by atoms with E-state index >= 15 is 0 Å². The normalized spacial score (nSPS) is 11.4. The Kier molecular flexibility index (Phi) is 9.38. The minimum Gasteiger partial charge on any atom is -0.309 e. The number of benzene rings is 9. The van der Waals surface area contributed by atoms with Gasteiger partial charge < -0.3 is 4.57 Å². The van der Waals surface area contributed by atoms with Crippen molar-refractivity contribution >= 4 is 32.6 Å². The summed E-state index contributed by atoms with van der Waals surface area (Å²) in [5, 5.41) is 4.75. The van der Waals surface area contributed by atoms with Gasteiger partial charge in [-0.2, -0.15) is 0 Å². The van der Waals surface area contributed by atoms with Crippen LogP contribution in [0.4, 0.5) is 0 Å². The molecule has 0 N–H and O–H groups in total. The van der Waals surface area contributed by atoms with Gasteiger partial charge in [-0.25, -0.2) is 24.9 Å². The molecule has 0 saturated carbocycles. The quantitative estimate of drug-likeness (QED) is 0.153. The molecule has 0 amide bonds. The van der Waals surface area contributed by atoms with E-state index in [1.165, 1.54) is 16.2 Å². The molecule has 0 radical (unpaired) electrons. The summed E-state index contributed by atoms with van der Waals surface area (Å²) >= 11 is 0. The predicted molar refractivity (Wildman–Crippen MR) is 265 cm³/mol. The van der Waals surface area contributed by atoms with Gasteiger partial charge >= 0.3 is 0 Å². The zero-order chi connectivity index (χ0) is 43.1. The second-order valence-electron chi connectivity index (χ2n) is 16.1. The van der Waals surface area contributed by atoms with Crippen LogP contribution < -0.4 is 0 Å². The van der Waals surface area contributed by atoms with Crippen LogP contribution in [0.15, 0.2) is 231 Å². The average Bonchev–Trinajstić information content (AvgIpc) is 3.74. The van der Waals surface area contributed by atoms with E-state index in [1.54, 1.807) is 0 Å². The lowest BCUT2D eigenvalue weighted by molar-refractivity contribution is 1.07. The van der Waals surface area contributed by atoms with Crippen LogP contribution in [0, 0.1) is 0 Å². The van der Waals surface area contributed by atoms with Crippen LogP contribution in [0.3, 0.4) is 0 Å². The largest absolute Gasteiger partial charge is 0.309 e. The van der Waals surface area contributed by atoms with E-state index in [4.69, 9.17) is 24.9 Å². The van der Waals surface area contributed by atoms with Crippen molar-refractivity contribution in [3.63, 3.8) is 0 Å². The molecule has 0 fully saturated rings. The van der Waals surface area contributed by atoms with E-state index in [0.717, 1.165) is 78.0 Å². The van der Waals surface area contributed by atoms with Crippen LogP contribution in [-0.2, 0) is 0 Å². The van der Waals surface area contributed by atoms with Crippen molar-refractivity contribution in [2.24, 2.45) is 0 Å². The van der Waals surface area contributed by atoms with Gasteiger partial charge in [0, 0.05) is 49.8 Å². The Labute approximate surface area is 375 Å². The third-order valence-electron chi connectivity index (χ3n) is 12.0. The monoisotopic (exact) mass is 830 g/mol. The number of rotatable bonds is 8. The van der Waals surface area contributed by atoms with Gasteiger partial charge in [-0.05, 0) is 64.4 Å². The van der Waals surface area contributed by atoms with Crippen molar-refractivity contribution in [3.05, 3.63) is 231 Å². The van der Waals surface area contributed by atoms with Gasteiger partial charge in [0.05, 0.1) is 22.4 Å². The summed E-state index contributed by atoms with van der Waals surface area (Å²) in [4.78, 5) is 25.6. The standard InChI is InChI=1S/C59H38N6/c1-5-19-39(20-6-1)56-60-51(38-52(61-56)50-37-54-55(48-32-14-13-31-47(48)50)49-33-15-16-34-53(49)65(54)46-29-11-4-12-30-46)44-27-17-25-42(35-44)43-26-18-28-45(36-43)59-63-57(40-21-7-2-8-22-40)62-58(64-59)41-23-9-3-10-24-41/h1-38H. The maximum absolute atomic E-state index is 5.36. The summed E-state index contributed by atoms with van der Waals surface area (Å²) in [6, 6.07) is 79.9. The first-order chi connectivity index (χ1) is 32.2. The van der Waals surface area contributed by atoms with Crippen LogP contribution in [-0.4, -0.2) is 29.5 Å². The first kappa shape index (κ1) is 37.9. The highest BCUT2D eigenvalue weighted by atomic mass is 15.0. The maximum atomic E-state index is 5.36. The SMILES string of the molecule is c1ccc(-c2nc(-c3cccc(-c4cccc(-c5nc(-c6ccccc6)nc(-c6ccccc6)n5)c4)c3)cc(-c3cc4c(c5ccccc35)c3ccccc3n4-c3ccccc3)n2)cc1. The van der Waals surface area contributed by atoms with Crippen LogP contribution in [0.5, 0.6) is 0 Å². The van der Waals surface area contributed by atoms with Gasteiger partial charge in [-0.15, -0.1) is 0 Å². The van der Waals surface area contributed by atoms with Crippen molar-refractivity contribution in [1.82, 2.24) is 29.5 Å². The summed E-state index contributed by atoms with van der Waals surface area (Å²) in [5.41, 5.74) is 12.9. The number of para-hydroxylation sites is 2. The maximum Gasteiger partial charge on any atom is 0.164 e. The summed E-state index contributed by atoms with van der Waals surface area (Å²) in [6.45, 7) is 0. The minimum absolute atomic E-state index is 0.610. The molecule has 9 aromatic carbocycles. The molecule has 0 bridgehead atoms. The van der Waals surface area contributed by atoms with Gasteiger partial charge in [0.25, 0.3) is 0 Å². The summed E-state index contributed by atoms with van der Waals surface area (Å²) < 4.78 is 2.38. The third-order valence-corrected chi connectivity index (χ3v) is 12.0. The van der Waals surface area contributed by atoms with E-state index in [2.05, 4.69) is 156 Å².